The Hall–Kier alpha value is -2.29. The number of nitrogens with zero attached hydrogens (tertiary/aromatic N) is 2. The van der Waals surface area contributed by atoms with Crippen LogP contribution in [-0.4, -0.2) is 18.0 Å². The van der Waals surface area contributed by atoms with Crippen molar-refractivity contribution in [1.29, 1.82) is 5.26 Å². The molecule has 0 spiro atoms. The Morgan fingerprint density at radius 1 is 1.29 bits per heavy atom. The number of pyridine rings is 1. The van der Waals surface area contributed by atoms with Gasteiger partial charge in [0.05, 0.1) is 19.0 Å². The van der Waals surface area contributed by atoms with Gasteiger partial charge in [-0.3, -0.25) is 4.79 Å². The average Bonchev–Trinajstić information content (AvgIpc) is 2.46. The Morgan fingerprint density at radius 2 is 1.95 bits per heavy atom. The van der Waals surface area contributed by atoms with Gasteiger partial charge in [0.1, 0.15) is 11.6 Å². The van der Waals surface area contributed by atoms with Gasteiger partial charge in [0.2, 0.25) is 5.88 Å². The number of hydrogen-bond donors (Lipinski definition) is 1. The fourth-order valence-electron chi connectivity index (χ4n) is 1.65. The summed E-state index contributed by atoms with van der Waals surface area (Å²) in [5, 5.41) is 12.3. The summed E-state index contributed by atoms with van der Waals surface area (Å²) in [7, 11) is 1.41. The Kier molecular flexibility index (Phi) is 4.63. The number of benzene rings is 1. The molecule has 1 aromatic carbocycles. The minimum atomic E-state index is -0.407. The number of amides is 1. The summed E-state index contributed by atoms with van der Waals surface area (Å²) in [5.74, 6) is -0.212. The highest BCUT2D eigenvalue weighted by Crippen LogP contribution is 2.21. The van der Waals surface area contributed by atoms with Crippen LogP contribution in [0, 0.1) is 11.3 Å². The molecule has 5 nitrogen and oxygen atoms in total. The van der Waals surface area contributed by atoms with Crippen molar-refractivity contribution in [3.8, 4) is 11.9 Å². The van der Waals surface area contributed by atoms with Gasteiger partial charge in [0.15, 0.2) is 0 Å². The molecule has 0 atom stereocenters. The molecule has 1 N–H and O–H groups in total. The number of ether oxygens (including phenoxy) is 1. The average molecular weight is 322 g/mol. The van der Waals surface area contributed by atoms with Gasteiger partial charge in [-0.25, -0.2) is 4.98 Å². The number of carbonyl (C=O) groups excluding carboxylic acids is 1. The number of halogens is 2. The topological polar surface area (TPSA) is 75.0 Å². The normalized spacial score (nSPS) is 9.81. The smallest absolute Gasteiger partial charge is 0.255 e. The first-order chi connectivity index (χ1) is 10.0. The van der Waals surface area contributed by atoms with Crippen LogP contribution in [-0.2, 0) is 0 Å². The maximum absolute atomic E-state index is 12.1. The van der Waals surface area contributed by atoms with Crippen LogP contribution >= 0.6 is 23.2 Å². The van der Waals surface area contributed by atoms with Crippen molar-refractivity contribution in [2.45, 2.75) is 0 Å². The monoisotopic (exact) mass is 321 g/mol. The first-order valence-electron chi connectivity index (χ1n) is 5.75. The first-order valence-corrected chi connectivity index (χ1v) is 6.50. The first kappa shape index (κ1) is 15.1. The summed E-state index contributed by atoms with van der Waals surface area (Å²) in [5.41, 5.74) is 0.898. The van der Waals surface area contributed by atoms with Crippen molar-refractivity contribution in [2.24, 2.45) is 0 Å². The van der Waals surface area contributed by atoms with Gasteiger partial charge < -0.3 is 10.1 Å². The summed E-state index contributed by atoms with van der Waals surface area (Å²) in [6, 6.07) is 7.92. The van der Waals surface area contributed by atoms with Gasteiger partial charge in [0, 0.05) is 15.6 Å². The maximum Gasteiger partial charge on any atom is 0.255 e. The highest BCUT2D eigenvalue weighted by Gasteiger charge is 2.11. The van der Waals surface area contributed by atoms with Crippen molar-refractivity contribution in [1.82, 2.24) is 4.98 Å². The third kappa shape index (κ3) is 3.63. The minimum Gasteiger partial charge on any atom is -0.480 e. The van der Waals surface area contributed by atoms with Gasteiger partial charge in [-0.15, -0.1) is 0 Å². The van der Waals surface area contributed by atoms with Gasteiger partial charge in [-0.05, 0) is 24.3 Å². The van der Waals surface area contributed by atoms with Crippen molar-refractivity contribution in [3.63, 3.8) is 0 Å². The molecule has 0 fully saturated rings. The van der Waals surface area contributed by atoms with Gasteiger partial charge in [-0.2, -0.15) is 5.26 Å². The molecule has 0 bridgehead atoms. The summed E-state index contributed by atoms with van der Waals surface area (Å²) in [6.07, 6.45) is 1.39. The zero-order valence-corrected chi connectivity index (χ0v) is 12.4. The van der Waals surface area contributed by atoms with Crippen LogP contribution < -0.4 is 10.1 Å². The molecular weight excluding hydrogens is 313 g/mol. The molecule has 0 saturated heterocycles. The minimum absolute atomic E-state index is 0.196. The van der Waals surface area contributed by atoms with Gasteiger partial charge in [0.25, 0.3) is 5.91 Å². The molecule has 0 unspecified atom stereocenters. The maximum atomic E-state index is 12.1. The predicted molar refractivity (Wildman–Crippen MR) is 79.9 cm³/mol. The van der Waals surface area contributed by atoms with E-state index in [4.69, 9.17) is 33.2 Å². The van der Waals surface area contributed by atoms with E-state index in [9.17, 15) is 4.79 Å². The summed E-state index contributed by atoms with van der Waals surface area (Å²) < 4.78 is 4.93. The Bertz CT molecular complexity index is 721. The number of nitriles is 1. The van der Waals surface area contributed by atoms with E-state index in [1.807, 2.05) is 6.07 Å². The van der Waals surface area contributed by atoms with Crippen LogP contribution in [0.1, 0.15) is 15.9 Å². The standard InChI is InChI=1S/C14H9Cl2N3O2/c1-21-14-9(6-17)4-12(7-18-14)19-13(20)8-2-10(15)5-11(16)3-8/h2-5,7H,1H3,(H,19,20). The lowest BCUT2D eigenvalue weighted by Gasteiger charge is -2.07. The zero-order valence-electron chi connectivity index (χ0n) is 10.9. The van der Waals surface area contributed by atoms with E-state index < -0.39 is 5.91 Å². The van der Waals surface area contributed by atoms with Gasteiger partial charge >= 0.3 is 0 Å². The molecular formula is C14H9Cl2N3O2. The molecule has 21 heavy (non-hydrogen) atoms. The van der Waals surface area contributed by atoms with Gasteiger partial charge in [-0.1, -0.05) is 23.2 Å². The largest absolute Gasteiger partial charge is 0.480 e. The SMILES string of the molecule is COc1ncc(NC(=O)c2cc(Cl)cc(Cl)c2)cc1C#N. The predicted octanol–water partition coefficient (Wildman–Crippen LogP) is 3.52. The number of carbonyl (C=O) groups is 1. The molecule has 2 aromatic rings. The molecule has 7 heteroatoms. The quantitative estimate of drug-likeness (QED) is 0.938. The number of nitrogens with one attached hydrogen (secondary N) is 1. The van der Waals surface area contributed by atoms with Crippen LogP contribution in [0.4, 0.5) is 5.69 Å². The molecule has 0 aliphatic rings. The lowest BCUT2D eigenvalue weighted by molar-refractivity contribution is 0.102. The molecule has 0 aliphatic carbocycles. The van der Waals surface area contributed by atoms with Crippen LogP contribution in [0.25, 0.3) is 0 Å². The van der Waals surface area contributed by atoms with E-state index in [1.54, 1.807) is 0 Å². The molecule has 1 aromatic heterocycles. The third-order valence-corrected chi connectivity index (χ3v) is 2.98. The molecule has 0 saturated carbocycles. The third-order valence-electron chi connectivity index (χ3n) is 2.55. The molecule has 1 amide bonds. The van der Waals surface area contributed by atoms with Crippen LogP contribution in [0.3, 0.4) is 0 Å². The van der Waals surface area contributed by atoms with E-state index in [2.05, 4.69) is 10.3 Å². The van der Waals surface area contributed by atoms with Crippen molar-refractivity contribution >= 4 is 34.8 Å². The molecule has 0 aliphatic heterocycles. The number of hydrogen-bond acceptors (Lipinski definition) is 4. The second kappa shape index (κ2) is 6.44. The van der Waals surface area contributed by atoms with Crippen molar-refractivity contribution < 1.29 is 9.53 Å². The number of rotatable bonds is 3. The highest BCUT2D eigenvalue weighted by atomic mass is 35.5. The lowest BCUT2D eigenvalue weighted by Crippen LogP contribution is -2.12. The summed E-state index contributed by atoms with van der Waals surface area (Å²) >= 11 is 11.7. The van der Waals surface area contributed by atoms with E-state index in [1.165, 1.54) is 37.6 Å². The Labute approximate surface area is 131 Å². The van der Waals surface area contributed by atoms with Crippen LogP contribution in [0.15, 0.2) is 30.5 Å². The number of methoxy groups -OCH3 is 1. The number of aromatic nitrogens is 1. The molecule has 2 rings (SSSR count). The second-order valence-electron chi connectivity index (χ2n) is 4.00. The fourth-order valence-corrected chi connectivity index (χ4v) is 2.18. The Balaban J connectivity index is 2.25. The van der Waals surface area contributed by atoms with E-state index >= 15 is 0 Å². The fraction of sp³-hybridized carbons (Fsp3) is 0.0714. The van der Waals surface area contributed by atoms with E-state index in [0.717, 1.165) is 0 Å². The molecule has 1 heterocycles. The molecule has 106 valence electrons. The lowest BCUT2D eigenvalue weighted by atomic mass is 10.2. The van der Waals surface area contributed by atoms with Crippen molar-refractivity contribution in [3.05, 3.63) is 51.6 Å². The van der Waals surface area contributed by atoms with Crippen LogP contribution in [0.5, 0.6) is 5.88 Å². The van der Waals surface area contributed by atoms with E-state index in [0.29, 0.717) is 21.3 Å². The van der Waals surface area contributed by atoms with Crippen LogP contribution in [0.2, 0.25) is 10.0 Å². The number of anilines is 1. The summed E-state index contributed by atoms with van der Waals surface area (Å²) in [4.78, 5) is 16.0. The molecule has 0 radical (unpaired) electrons. The van der Waals surface area contributed by atoms with Crippen molar-refractivity contribution in [2.75, 3.05) is 12.4 Å². The Morgan fingerprint density at radius 3 is 2.52 bits per heavy atom. The highest BCUT2D eigenvalue weighted by molar-refractivity contribution is 6.35. The summed E-state index contributed by atoms with van der Waals surface area (Å²) in [6.45, 7) is 0. The zero-order chi connectivity index (χ0) is 15.4. The second-order valence-corrected chi connectivity index (χ2v) is 4.88. The van der Waals surface area contributed by atoms with E-state index in [-0.39, 0.29) is 11.4 Å².